The van der Waals surface area contributed by atoms with E-state index in [1.165, 1.54) is 19.3 Å². The van der Waals surface area contributed by atoms with Crippen LogP contribution in [0.5, 0.6) is 0 Å². The van der Waals surface area contributed by atoms with Gasteiger partial charge in [-0.3, -0.25) is 0 Å². The van der Waals surface area contributed by atoms with Crippen LogP contribution < -0.4 is 5.32 Å². The first-order valence-electron chi connectivity index (χ1n) is 5.08. The number of hydrogen-bond donors (Lipinski definition) is 2. The summed E-state index contributed by atoms with van der Waals surface area (Å²) in [5.74, 6) is 1.23. The van der Waals surface area contributed by atoms with Crippen molar-refractivity contribution in [3.63, 3.8) is 0 Å². The molecule has 0 aliphatic carbocycles. The van der Waals surface area contributed by atoms with Crippen LogP contribution >= 0.6 is 0 Å². The quantitative estimate of drug-likeness (QED) is 0.672. The fraction of sp³-hybridized carbons (Fsp3) is 1.00. The van der Waals surface area contributed by atoms with Crippen LogP contribution in [0.2, 0.25) is 0 Å². The molecule has 1 aliphatic heterocycles. The summed E-state index contributed by atoms with van der Waals surface area (Å²) < 4.78 is 0. The molecule has 2 N–H and O–H groups in total. The molecular weight excluding hydrogens is 150 g/mol. The van der Waals surface area contributed by atoms with Crippen molar-refractivity contribution in [2.45, 2.75) is 39.2 Å². The average molecular weight is 171 g/mol. The lowest BCUT2D eigenvalue weighted by Gasteiger charge is -2.32. The summed E-state index contributed by atoms with van der Waals surface area (Å²) in [5.41, 5.74) is 0. The van der Waals surface area contributed by atoms with Crippen molar-refractivity contribution in [1.29, 1.82) is 0 Å². The van der Waals surface area contributed by atoms with Gasteiger partial charge in [-0.25, -0.2) is 0 Å². The monoisotopic (exact) mass is 171 g/mol. The molecule has 0 aromatic rings. The first-order chi connectivity index (χ1) is 5.74. The molecule has 2 heteroatoms. The molecule has 12 heavy (non-hydrogen) atoms. The molecule has 72 valence electrons. The predicted octanol–water partition coefficient (Wildman–Crippen LogP) is 1.39. The molecular formula is C10H21NO. The maximum Gasteiger partial charge on any atom is 0.0474 e. The van der Waals surface area contributed by atoms with Gasteiger partial charge in [0.25, 0.3) is 0 Å². The maximum absolute atomic E-state index is 9.13. The lowest BCUT2D eigenvalue weighted by molar-refractivity contribution is 0.148. The fourth-order valence-electron chi connectivity index (χ4n) is 2.02. The number of aliphatic hydroxyl groups excluding tert-OH is 1. The number of piperidine rings is 1. The highest BCUT2D eigenvalue weighted by molar-refractivity contribution is 4.81. The number of aliphatic hydroxyl groups is 1. The van der Waals surface area contributed by atoms with Gasteiger partial charge in [-0.15, -0.1) is 0 Å². The molecule has 0 bridgehead atoms. The van der Waals surface area contributed by atoms with E-state index in [0.717, 1.165) is 12.5 Å². The summed E-state index contributed by atoms with van der Waals surface area (Å²) in [6.45, 7) is 5.97. The minimum Gasteiger partial charge on any atom is -0.396 e. The molecule has 2 atom stereocenters. The van der Waals surface area contributed by atoms with E-state index in [1.54, 1.807) is 0 Å². The third-order valence-electron chi connectivity index (χ3n) is 2.69. The molecule has 1 rings (SSSR count). The third kappa shape index (κ3) is 2.76. The predicted molar refractivity (Wildman–Crippen MR) is 51.1 cm³/mol. The molecule has 2 nitrogen and oxygen atoms in total. The topological polar surface area (TPSA) is 32.3 Å². The van der Waals surface area contributed by atoms with Crippen LogP contribution in [0.3, 0.4) is 0 Å². The molecule has 0 radical (unpaired) electrons. The van der Waals surface area contributed by atoms with Crippen LogP contribution in [0.1, 0.15) is 33.1 Å². The van der Waals surface area contributed by atoms with E-state index < -0.39 is 0 Å². The van der Waals surface area contributed by atoms with E-state index in [-0.39, 0.29) is 0 Å². The lowest BCUT2D eigenvalue weighted by Crippen LogP contribution is -2.43. The van der Waals surface area contributed by atoms with Crippen LogP contribution in [-0.2, 0) is 0 Å². The van der Waals surface area contributed by atoms with E-state index in [1.807, 2.05) is 0 Å². The highest BCUT2D eigenvalue weighted by Crippen LogP contribution is 2.20. The van der Waals surface area contributed by atoms with E-state index in [2.05, 4.69) is 19.2 Å². The summed E-state index contributed by atoms with van der Waals surface area (Å²) >= 11 is 0. The second-order valence-corrected chi connectivity index (χ2v) is 4.28. The van der Waals surface area contributed by atoms with Crippen molar-refractivity contribution in [2.75, 3.05) is 13.2 Å². The second-order valence-electron chi connectivity index (χ2n) is 4.28. The average Bonchev–Trinajstić information content (AvgIpc) is 2.04. The molecule has 0 aromatic carbocycles. The van der Waals surface area contributed by atoms with Gasteiger partial charge in [0.2, 0.25) is 0 Å². The van der Waals surface area contributed by atoms with E-state index >= 15 is 0 Å². The van der Waals surface area contributed by atoms with Gasteiger partial charge in [0.1, 0.15) is 0 Å². The van der Waals surface area contributed by atoms with Gasteiger partial charge < -0.3 is 10.4 Å². The summed E-state index contributed by atoms with van der Waals surface area (Å²) in [7, 11) is 0. The Morgan fingerprint density at radius 1 is 1.50 bits per heavy atom. The van der Waals surface area contributed by atoms with Crippen molar-refractivity contribution < 1.29 is 5.11 Å². The van der Waals surface area contributed by atoms with E-state index in [9.17, 15) is 0 Å². The van der Waals surface area contributed by atoms with Gasteiger partial charge in [-0.1, -0.05) is 13.8 Å². The highest BCUT2D eigenvalue weighted by atomic mass is 16.3. The van der Waals surface area contributed by atoms with Gasteiger partial charge >= 0.3 is 0 Å². The molecule has 1 fully saturated rings. The number of nitrogens with one attached hydrogen (secondary N) is 1. The Labute approximate surface area is 75.4 Å². The minimum absolute atomic E-state index is 0.352. The molecule has 1 heterocycles. The van der Waals surface area contributed by atoms with Gasteiger partial charge in [0.15, 0.2) is 0 Å². The lowest BCUT2D eigenvalue weighted by atomic mass is 9.86. The standard InChI is InChI=1S/C10H21NO/c1-8(2)6-10-9(7-12)4-3-5-11-10/h8-12H,3-7H2,1-2H3. The highest BCUT2D eigenvalue weighted by Gasteiger charge is 2.24. The van der Waals surface area contributed by atoms with Gasteiger partial charge in [-0.05, 0) is 37.6 Å². The van der Waals surface area contributed by atoms with Gasteiger partial charge in [-0.2, -0.15) is 0 Å². The third-order valence-corrected chi connectivity index (χ3v) is 2.69. The summed E-state index contributed by atoms with van der Waals surface area (Å²) in [6.07, 6.45) is 3.62. The molecule has 1 saturated heterocycles. The van der Waals surface area contributed by atoms with Crippen LogP contribution in [0.4, 0.5) is 0 Å². The van der Waals surface area contributed by atoms with Crippen molar-refractivity contribution in [3.8, 4) is 0 Å². The van der Waals surface area contributed by atoms with Crippen molar-refractivity contribution in [2.24, 2.45) is 11.8 Å². The van der Waals surface area contributed by atoms with Crippen molar-refractivity contribution in [3.05, 3.63) is 0 Å². The van der Waals surface area contributed by atoms with E-state index in [0.29, 0.717) is 18.6 Å². The van der Waals surface area contributed by atoms with Crippen LogP contribution in [0, 0.1) is 11.8 Å². The van der Waals surface area contributed by atoms with Crippen molar-refractivity contribution >= 4 is 0 Å². The smallest absolute Gasteiger partial charge is 0.0474 e. The Morgan fingerprint density at radius 2 is 2.25 bits per heavy atom. The first-order valence-corrected chi connectivity index (χ1v) is 5.08. The molecule has 0 spiro atoms. The normalized spacial score (nSPS) is 31.0. The summed E-state index contributed by atoms with van der Waals surface area (Å²) in [5, 5.41) is 12.6. The zero-order valence-corrected chi connectivity index (χ0v) is 8.21. The number of rotatable bonds is 3. The van der Waals surface area contributed by atoms with Gasteiger partial charge in [0, 0.05) is 12.6 Å². The Kier molecular flexibility index (Phi) is 4.02. The maximum atomic E-state index is 9.13. The SMILES string of the molecule is CC(C)CC1NCCCC1CO. The molecule has 0 amide bonds. The molecule has 1 aliphatic rings. The minimum atomic E-state index is 0.352. The zero-order valence-electron chi connectivity index (χ0n) is 8.21. The zero-order chi connectivity index (χ0) is 8.97. The molecule has 2 unspecified atom stereocenters. The summed E-state index contributed by atoms with van der Waals surface area (Å²) in [4.78, 5) is 0. The van der Waals surface area contributed by atoms with Crippen molar-refractivity contribution in [1.82, 2.24) is 5.32 Å². The van der Waals surface area contributed by atoms with Crippen LogP contribution in [0.15, 0.2) is 0 Å². The largest absolute Gasteiger partial charge is 0.396 e. The fourth-order valence-corrected chi connectivity index (χ4v) is 2.02. The molecule has 0 saturated carbocycles. The second kappa shape index (κ2) is 4.83. The van der Waals surface area contributed by atoms with Crippen LogP contribution in [-0.4, -0.2) is 24.3 Å². The summed E-state index contributed by atoms with van der Waals surface area (Å²) in [6, 6.07) is 0.559. The Hall–Kier alpha value is -0.0800. The first kappa shape index (κ1) is 10.0. The Morgan fingerprint density at radius 3 is 2.83 bits per heavy atom. The Bertz CT molecular complexity index is 125. The number of hydrogen-bond acceptors (Lipinski definition) is 2. The van der Waals surface area contributed by atoms with E-state index in [4.69, 9.17) is 5.11 Å². The van der Waals surface area contributed by atoms with Crippen LogP contribution in [0.25, 0.3) is 0 Å². The molecule has 0 aromatic heterocycles. The Balaban J connectivity index is 2.36. The van der Waals surface area contributed by atoms with Gasteiger partial charge in [0.05, 0.1) is 0 Å².